The van der Waals surface area contributed by atoms with Crippen molar-refractivity contribution in [2.24, 2.45) is 45.3 Å². The zero-order valence-electron chi connectivity index (χ0n) is 63.0. The highest BCUT2D eigenvalue weighted by Gasteiger charge is 2.80. The van der Waals surface area contributed by atoms with E-state index in [0.717, 1.165) is 0 Å². The fourth-order valence-electron chi connectivity index (χ4n) is 19.6. The molecule has 576 valence electrons. The molecule has 6 aliphatic carbocycles. The summed E-state index contributed by atoms with van der Waals surface area (Å²) in [5.41, 5.74) is -9.92. The molecular formula is C82H99NO24. The summed E-state index contributed by atoms with van der Waals surface area (Å²) in [7, 11) is 0. The van der Waals surface area contributed by atoms with Gasteiger partial charge in [0.1, 0.15) is 60.0 Å². The van der Waals surface area contributed by atoms with Gasteiger partial charge < -0.3 is 78.2 Å². The van der Waals surface area contributed by atoms with E-state index >= 15 is 0 Å². The lowest BCUT2D eigenvalue weighted by Gasteiger charge is -2.70. The van der Waals surface area contributed by atoms with Gasteiger partial charge in [0.25, 0.3) is 5.91 Å². The van der Waals surface area contributed by atoms with Gasteiger partial charge >= 0.3 is 47.8 Å². The van der Waals surface area contributed by atoms with Crippen LogP contribution in [0.4, 0.5) is 0 Å². The number of hydrogen-bond donors (Lipinski definition) is 6. The number of fused-ring (bicyclic) bond motifs is 10. The number of hydrogen-bond acceptors (Lipinski definition) is 24. The Hall–Kier alpha value is -8.69. The lowest BCUT2D eigenvalue weighted by atomic mass is 9.41. The maximum atomic E-state index is 14.4. The Morgan fingerprint density at radius 2 is 0.888 bits per heavy atom. The molecule has 4 bridgehead atoms. The predicted molar refractivity (Wildman–Crippen MR) is 380 cm³/mol. The molecule has 6 fully saturated rings. The molecule has 2 aliphatic heterocycles. The molecule has 2 saturated heterocycles. The minimum absolute atomic E-state index is 0.0486. The highest BCUT2D eigenvalue weighted by Crippen LogP contribution is 2.69. The summed E-state index contributed by atoms with van der Waals surface area (Å²) < 4.78 is 61.3. The van der Waals surface area contributed by atoms with Crippen LogP contribution in [0, 0.1) is 45.3 Å². The van der Waals surface area contributed by atoms with Crippen LogP contribution in [-0.4, -0.2) is 182 Å². The number of esters is 8. The van der Waals surface area contributed by atoms with Crippen LogP contribution in [-0.2, 0) is 76.1 Å². The second-order valence-corrected chi connectivity index (χ2v) is 31.8. The Labute approximate surface area is 621 Å². The van der Waals surface area contributed by atoms with Gasteiger partial charge in [-0.1, -0.05) is 140 Å². The number of carbonyl (C=O) groups excluding carboxylic acids is 9. The van der Waals surface area contributed by atoms with Gasteiger partial charge in [-0.05, 0) is 95.9 Å². The van der Waals surface area contributed by atoms with E-state index < -0.39 is 189 Å². The second kappa shape index (κ2) is 29.4. The van der Waals surface area contributed by atoms with Gasteiger partial charge in [-0.2, -0.15) is 0 Å². The Balaban J connectivity index is 0.000000224. The minimum Gasteiger partial charge on any atom is -0.458 e. The van der Waals surface area contributed by atoms with Gasteiger partial charge in [-0.15, -0.1) is 0 Å². The molecule has 107 heavy (non-hydrogen) atoms. The first-order chi connectivity index (χ1) is 50.2. The second-order valence-electron chi connectivity index (χ2n) is 31.8. The number of rotatable bonds is 15. The maximum absolute atomic E-state index is 14.4. The third kappa shape index (κ3) is 13.4. The molecule has 0 spiro atoms. The van der Waals surface area contributed by atoms with E-state index in [2.05, 4.69) is 5.32 Å². The molecule has 25 heteroatoms. The van der Waals surface area contributed by atoms with E-state index in [1.54, 1.807) is 158 Å². The maximum Gasteiger partial charge on any atom is 0.338 e. The van der Waals surface area contributed by atoms with Crippen LogP contribution in [0.1, 0.15) is 172 Å². The molecule has 12 rings (SSSR count). The van der Waals surface area contributed by atoms with Crippen LogP contribution in [0.2, 0.25) is 0 Å². The number of nitrogens with one attached hydrogen (secondary N) is 1. The first-order valence-electron chi connectivity index (χ1n) is 36.4. The summed E-state index contributed by atoms with van der Waals surface area (Å²) in [4.78, 5) is 120. The quantitative estimate of drug-likeness (QED) is 0.0372. The number of aliphatic hydroxyl groups is 5. The van der Waals surface area contributed by atoms with Crippen molar-refractivity contribution in [1.82, 2.24) is 5.32 Å². The summed E-state index contributed by atoms with van der Waals surface area (Å²) in [6, 6.07) is 32.1. The van der Waals surface area contributed by atoms with E-state index in [1.807, 2.05) is 20.8 Å². The van der Waals surface area contributed by atoms with Gasteiger partial charge in [0.2, 0.25) is 0 Å². The molecule has 0 unspecified atom stereocenters. The van der Waals surface area contributed by atoms with Gasteiger partial charge in [-0.3, -0.25) is 28.8 Å². The summed E-state index contributed by atoms with van der Waals surface area (Å²) in [5, 5.41) is 65.9. The third-order valence-corrected chi connectivity index (χ3v) is 25.4. The number of carbonyl (C=O) groups is 9. The van der Waals surface area contributed by atoms with Crippen molar-refractivity contribution in [3.63, 3.8) is 0 Å². The predicted octanol–water partition coefficient (Wildman–Crippen LogP) is 8.09. The zero-order chi connectivity index (χ0) is 78.2. The smallest absolute Gasteiger partial charge is 0.338 e. The Bertz CT molecular complexity index is 4160. The van der Waals surface area contributed by atoms with Crippen molar-refractivity contribution in [1.29, 1.82) is 0 Å². The van der Waals surface area contributed by atoms with Gasteiger partial charge in [-0.25, -0.2) is 14.4 Å². The topological polar surface area (TPSA) is 359 Å². The Morgan fingerprint density at radius 1 is 0.495 bits per heavy atom. The third-order valence-electron chi connectivity index (χ3n) is 25.4. The molecule has 2 heterocycles. The average molecular weight is 1480 g/mol. The van der Waals surface area contributed by atoms with Crippen molar-refractivity contribution >= 4 is 53.7 Å². The molecular weight excluding hydrogens is 1380 g/mol. The van der Waals surface area contributed by atoms with Gasteiger partial charge in [0, 0.05) is 87.5 Å². The number of aliphatic hydroxyl groups excluding tert-OH is 3. The highest BCUT2D eigenvalue weighted by molar-refractivity contribution is 5.95. The van der Waals surface area contributed by atoms with Gasteiger partial charge in [0.15, 0.2) is 23.4 Å². The first kappa shape index (κ1) is 79.4. The van der Waals surface area contributed by atoms with Crippen LogP contribution < -0.4 is 5.32 Å². The molecule has 6 N–H and O–H groups in total. The molecule has 1 amide bonds. The molecule has 4 aromatic carbocycles. The Morgan fingerprint density at radius 3 is 1.31 bits per heavy atom. The number of amides is 1. The normalized spacial score (nSPS) is 35.9. The van der Waals surface area contributed by atoms with Crippen LogP contribution >= 0.6 is 0 Å². The van der Waals surface area contributed by atoms with E-state index in [9.17, 15) is 68.7 Å². The zero-order valence-corrected chi connectivity index (χ0v) is 63.0. The summed E-state index contributed by atoms with van der Waals surface area (Å²) in [6.07, 6.45) is -14.5. The van der Waals surface area contributed by atoms with Crippen LogP contribution in [0.5, 0.6) is 0 Å². The monoisotopic (exact) mass is 1480 g/mol. The van der Waals surface area contributed by atoms with Crippen molar-refractivity contribution < 1.29 is 116 Å². The van der Waals surface area contributed by atoms with Crippen LogP contribution in [0.15, 0.2) is 144 Å². The fourth-order valence-corrected chi connectivity index (χ4v) is 19.6. The largest absolute Gasteiger partial charge is 0.458 e. The molecule has 8 aliphatic rings. The highest BCUT2D eigenvalue weighted by atomic mass is 16.6. The minimum atomic E-state index is -2.13. The lowest BCUT2D eigenvalue weighted by molar-refractivity contribution is -0.365. The van der Waals surface area contributed by atoms with E-state index in [0.29, 0.717) is 34.3 Å². The molecule has 4 saturated carbocycles. The van der Waals surface area contributed by atoms with E-state index in [-0.39, 0.29) is 55.1 Å². The fraction of sp³-hybridized carbons (Fsp3) is 0.549. The van der Waals surface area contributed by atoms with Crippen molar-refractivity contribution in [2.45, 2.75) is 225 Å². The standard InChI is InChI=1S/C49H57NO12.C33H42O12/c1-27-24-36-48(26-58-36,62-31(5)52)41-42(61-44(55)34-22-16-11-17-23-34)49(57)25-35(28(2)37(46(49,6)7)40(59-30(4)51)29(3)47(27,41)8)60-45(56)39(53)38(32-18-12-9-13-19-32)50-43(54)33-20-14-10-15-21-33;1-16-21(42-17(2)34)14-33(40)28(44-29(39)20-11-9-8-10-12-20)26-31(7,22(37)13-23-32(26,15-41-23)45-19(4)36)27(38)25(43-18(3)35)24(16)30(33,5)6/h9-23,27,29,35-36,38-42,53,57H,24-26H2,1-8H3,(H,50,54);8-12,21-23,25-28,37-38,40H,13-15H2,1-7H3/t27-,29-,35-,36+,38-,39+,40-,41-,42-,47-,48-,49+;21-,22-,23+,25+,26-,27-,28-,31+,32-,33+/m00/s1. The SMILES string of the molecule is CC(=O)O[C@@H]1C2=C(C)[C@@H](OC(=O)[C@H](O)[C@@H](NC(=O)c3ccccc3)c3ccccc3)C[C@@](O)([C@@H](OC(=O)c3ccccc3)[C@@H]3[C@]4(OC(C)=O)CO[C@@H]4C[C@H](C)[C@@]3(C)[C@H]1C)C2(C)C.CC(=O)O[C@H]1C[C@@]2(O)[C@@H](OC(=O)c3ccccc3)[C@@H]3[C@]4(OC(C)=O)CO[C@@H]4C[C@H](O)[C@@]3(C)[C@@H](O)[C@H](OC(C)=O)C(=C1C)C2(C)C. The summed E-state index contributed by atoms with van der Waals surface area (Å²) in [5.74, 6) is -9.52. The summed E-state index contributed by atoms with van der Waals surface area (Å²) in [6.45, 7) is 23.8. The summed E-state index contributed by atoms with van der Waals surface area (Å²) >= 11 is 0. The molecule has 25 nitrogen and oxygen atoms in total. The molecule has 22 atom stereocenters. The van der Waals surface area contributed by atoms with Crippen molar-refractivity contribution in [3.05, 3.63) is 166 Å². The lowest BCUT2D eigenvalue weighted by Crippen LogP contribution is -2.82. The number of benzene rings is 4. The molecule has 4 aromatic rings. The van der Waals surface area contributed by atoms with Crippen molar-refractivity contribution in [2.75, 3.05) is 13.2 Å². The van der Waals surface area contributed by atoms with Crippen LogP contribution in [0.25, 0.3) is 0 Å². The first-order valence-corrected chi connectivity index (χ1v) is 36.4. The van der Waals surface area contributed by atoms with Gasteiger partial charge in [0.05, 0.1) is 42.4 Å². The van der Waals surface area contributed by atoms with E-state index in [4.69, 9.17) is 47.4 Å². The van der Waals surface area contributed by atoms with E-state index in [1.165, 1.54) is 46.8 Å². The number of ether oxygens (including phenoxy) is 10. The van der Waals surface area contributed by atoms with Crippen LogP contribution in [0.3, 0.4) is 0 Å². The average Bonchev–Trinajstić information content (AvgIpc) is 0.674. The molecule has 0 radical (unpaired) electrons. The Kier molecular flexibility index (Phi) is 21.8. The molecule has 0 aromatic heterocycles. The van der Waals surface area contributed by atoms with Crippen molar-refractivity contribution in [3.8, 4) is 0 Å².